The van der Waals surface area contributed by atoms with E-state index in [2.05, 4.69) is 20.9 Å². The Balaban J connectivity index is 2.88. The van der Waals surface area contributed by atoms with Crippen LogP contribution in [0, 0.1) is 0 Å². The second-order valence-electron chi connectivity index (χ2n) is 2.67. The minimum absolute atomic E-state index is 0.604. The maximum absolute atomic E-state index is 5.76. The van der Waals surface area contributed by atoms with E-state index in [1.165, 1.54) is 0 Å². The lowest BCUT2D eigenvalue weighted by Gasteiger charge is -2.18. The number of nitrogens with two attached hydrogens (primary N) is 1. The topological polar surface area (TPSA) is 42.1 Å². The average Bonchev–Trinajstić information content (AvgIpc) is 2.04. The maximum Gasteiger partial charge on any atom is 0.142 e. The summed E-state index contributed by atoms with van der Waals surface area (Å²) in [7, 11) is 1.94. The third-order valence-electron chi connectivity index (χ3n) is 1.61. The van der Waals surface area contributed by atoms with Crippen molar-refractivity contribution in [1.29, 1.82) is 0 Å². The molecule has 72 valence electrons. The van der Waals surface area contributed by atoms with E-state index < -0.39 is 0 Å². The summed E-state index contributed by atoms with van der Waals surface area (Å²) in [5.41, 5.74) is 5.44. The lowest BCUT2D eigenvalue weighted by molar-refractivity contribution is 0.866. The van der Waals surface area contributed by atoms with Crippen molar-refractivity contribution < 1.29 is 0 Å². The molecule has 13 heavy (non-hydrogen) atoms. The Kier molecular flexibility index (Phi) is 3.96. The van der Waals surface area contributed by atoms with Crippen LogP contribution in [0.4, 0.5) is 5.82 Å². The molecule has 0 radical (unpaired) electrons. The summed E-state index contributed by atoms with van der Waals surface area (Å²) in [5, 5.41) is 0.622. The van der Waals surface area contributed by atoms with Gasteiger partial charge in [-0.15, -0.1) is 0 Å². The van der Waals surface area contributed by atoms with E-state index in [-0.39, 0.29) is 0 Å². The minimum atomic E-state index is 0.604. The zero-order valence-corrected chi connectivity index (χ0v) is 9.64. The second-order valence-corrected chi connectivity index (χ2v) is 3.96. The molecule has 0 unspecified atom stereocenters. The molecule has 0 amide bonds. The Morgan fingerprint density at radius 2 is 2.38 bits per heavy atom. The van der Waals surface area contributed by atoms with Crippen molar-refractivity contribution in [1.82, 2.24) is 4.98 Å². The number of nitrogens with zero attached hydrogens (tertiary/aromatic N) is 2. The molecule has 0 saturated carbocycles. The molecule has 0 atom stereocenters. The molecule has 0 aliphatic rings. The quantitative estimate of drug-likeness (QED) is 0.906. The predicted molar refractivity (Wildman–Crippen MR) is 59.3 cm³/mol. The van der Waals surface area contributed by atoms with E-state index in [0.29, 0.717) is 11.6 Å². The van der Waals surface area contributed by atoms with Crippen molar-refractivity contribution >= 4 is 33.3 Å². The number of hydrogen-bond donors (Lipinski definition) is 1. The van der Waals surface area contributed by atoms with Gasteiger partial charge in [-0.05, 0) is 22.0 Å². The van der Waals surface area contributed by atoms with E-state index in [4.69, 9.17) is 17.3 Å². The molecule has 1 heterocycles. The van der Waals surface area contributed by atoms with Crippen LogP contribution < -0.4 is 10.6 Å². The summed E-state index contributed by atoms with van der Waals surface area (Å²) in [6.07, 6.45) is 1.62. The van der Waals surface area contributed by atoms with Crippen LogP contribution in [0.25, 0.3) is 0 Å². The second kappa shape index (κ2) is 4.79. The minimum Gasteiger partial charge on any atom is -0.357 e. The zero-order valence-electron chi connectivity index (χ0n) is 7.30. The monoisotopic (exact) mass is 263 g/mol. The van der Waals surface area contributed by atoms with Crippen LogP contribution in [-0.2, 0) is 0 Å². The van der Waals surface area contributed by atoms with Crippen LogP contribution in [0.15, 0.2) is 16.7 Å². The van der Waals surface area contributed by atoms with E-state index in [0.717, 1.165) is 16.8 Å². The highest BCUT2D eigenvalue weighted by Crippen LogP contribution is 2.25. The number of aromatic nitrogens is 1. The Bertz CT molecular complexity index is 293. The molecule has 1 aromatic rings. The van der Waals surface area contributed by atoms with Gasteiger partial charge in [0.1, 0.15) is 5.82 Å². The van der Waals surface area contributed by atoms with Crippen LogP contribution in [0.1, 0.15) is 0 Å². The van der Waals surface area contributed by atoms with E-state index in [1.54, 1.807) is 6.20 Å². The number of hydrogen-bond acceptors (Lipinski definition) is 3. The number of anilines is 1. The molecule has 2 N–H and O–H groups in total. The Labute approximate surface area is 91.0 Å². The molecule has 0 spiro atoms. The van der Waals surface area contributed by atoms with Crippen molar-refractivity contribution in [3.8, 4) is 0 Å². The van der Waals surface area contributed by atoms with Crippen molar-refractivity contribution in [2.75, 3.05) is 25.0 Å². The van der Waals surface area contributed by atoms with Gasteiger partial charge in [0.05, 0.1) is 9.50 Å². The van der Waals surface area contributed by atoms with Crippen LogP contribution >= 0.6 is 27.5 Å². The lowest BCUT2D eigenvalue weighted by Crippen LogP contribution is -2.26. The fourth-order valence-electron chi connectivity index (χ4n) is 0.988. The van der Waals surface area contributed by atoms with Crippen LogP contribution in [0.2, 0.25) is 5.02 Å². The molecular weight excluding hydrogens is 253 g/mol. The fourth-order valence-corrected chi connectivity index (χ4v) is 1.93. The smallest absolute Gasteiger partial charge is 0.142 e. The summed E-state index contributed by atoms with van der Waals surface area (Å²) >= 11 is 9.15. The zero-order chi connectivity index (χ0) is 9.84. The van der Waals surface area contributed by atoms with Crippen LogP contribution in [0.5, 0.6) is 0 Å². The summed E-state index contributed by atoms with van der Waals surface area (Å²) in [4.78, 5) is 6.16. The molecule has 0 aromatic carbocycles. The van der Waals surface area contributed by atoms with Gasteiger partial charge in [0.2, 0.25) is 0 Å². The highest BCUT2D eigenvalue weighted by atomic mass is 79.9. The third-order valence-corrected chi connectivity index (χ3v) is 2.40. The normalized spacial score (nSPS) is 10.2. The molecule has 0 saturated heterocycles. The van der Waals surface area contributed by atoms with Gasteiger partial charge < -0.3 is 10.6 Å². The van der Waals surface area contributed by atoms with Crippen LogP contribution in [0.3, 0.4) is 0 Å². The molecule has 1 aromatic heterocycles. The average molecular weight is 265 g/mol. The van der Waals surface area contributed by atoms with Gasteiger partial charge in [0, 0.05) is 26.3 Å². The summed E-state index contributed by atoms with van der Waals surface area (Å²) in [6, 6.07) is 1.82. The molecular formula is C8H11BrClN3. The maximum atomic E-state index is 5.76. The van der Waals surface area contributed by atoms with Crippen molar-refractivity contribution in [2.45, 2.75) is 0 Å². The first-order valence-electron chi connectivity index (χ1n) is 3.87. The predicted octanol–water partition coefficient (Wildman–Crippen LogP) is 1.89. The van der Waals surface area contributed by atoms with Crippen molar-refractivity contribution in [3.63, 3.8) is 0 Å². The van der Waals surface area contributed by atoms with Gasteiger partial charge >= 0.3 is 0 Å². The first-order valence-corrected chi connectivity index (χ1v) is 5.04. The van der Waals surface area contributed by atoms with Gasteiger partial charge in [-0.3, -0.25) is 0 Å². The standard InChI is InChI=1S/C8H11BrClN3/c1-13(3-2-11)8-7(9)4-6(10)5-12-8/h4-5H,2-3,11H2,1H3. The number of rotatable bonds is 3. The number of pyridine rings is 1. The van der Waals surface area contributed by atoms with Gasteiger partial charge in [0.25, 0.3) is 0 Å². The number of likely N-dealkylation sites (N-methyl/N-ethyl adjacent to an activating group) is 1. The highest BCUT2D eigenvalue weighted by molar-refractivity contribution is 9.10. The van der Waals surface area contributed by atoms with Gasteiger partial charge in [-0.2, -0.15) is 0 Å². The number of halogens is 2. The summed E-state index contributed by atoms with van der Waals surface area (Å²) in [6.45, 7) is 1.38. The molecule has 0 bridgehead atoms. The molecule has 0 aliphatic carbocycles. The molecule has 0 aliphatic heterocycles. The first-order chi connectivity index (χ1) is 6.15. The molecule has 1 rings (SSSR count). The Hall–Kier alpha value is -0.320. The van der Waals surface area contributed by atoms with Gasteiger partial charge in [-0.25, -0.2) is 4.98 Å². The SMILES string of the molecule is CN(CCN)c1ncc(Cl)cc1Br. The molecule has 0 fully saturated rings. The van der Waals surface area contributed by atoms with E-state index >= 15 is 0 Å². The van der Waals surface area contributed by atoms with Crippen LogP contribution in [-0.4, -0.2) is 25.1 Å². The lowest BCUT2D eigenvalue weighted by atomic mass is 10.4. The van der Waals surface area contributed by atoms with E-state index in [1.807, 2.05) is 18.0 Å². The van der Waals surface area contributed by atoms with Crippen molar-refractivity contribution in [3.05, 3.63) is 21.8 Å². The van der Waals surface area contributed by atoms with Gasteiger partial charge in [-0.1, -0.05) is 11.6 Å². The Morgan fingerprint density at radius 3 is 2.92 bits per heavy atom. The van der Waals surface area contributed by atoms with E-state index in [9.17, 15) is 0 Å². The summed E-state index contributed by atoms with van der Waals surface area (Å²) in [5.74, 6) is 0.856. The van der Waals surface area contributed by atoms with Crippen molar-refractivity contribution in [2.24, 2.45) is 5.73 Å². The summed E-state index contributed by atoms with van der Waals surface area (Å²) < 4.78 is 0.885. The molecule has 3 nitrogen and oxygen atoms in total. The third kappa shape index (κ3) is 2.83. The highest BCUT2D eigenvalue weighted by Gasteiger charge is 2.06. The fraction of sp³-hybridized carbons (Fsp3) is 0.375. The first kappa shape index (κ1) is 10.8. The van der Waals surface area contributed by atoms with Gasteiger partial charge in [0.15, 0.2) is 0 Å². The Morgan fingerprint density at radius 1 is 1.69 bits per heavy atom. The largest absolute Gasteiger partial charge is 0.357 e. The molecule has 5 heteroatoms.